The first-order valence-electron chi connectivity index (χ1n) is 8.23. The van der Waals surface area contributed by atoms with E-state index in [1.54, 1.807) is 0 Å². The lowest BCUT2D eigenvalue weighted by Crippen LogP contribution is -2.20. The van der Waals surface area contributed by atoms with Crippen LogP contribution in [0.15, 0.2) is 24.5 Å². The molecule has 1 aromatic carbocycles. The Morgan fingerprint density at radius 2 is 1.96 bits per heavy atom. The Hall–Kier alpha value is -2.74. The number of benzene rings is 1. The molecule has 1 fully saturated rings. The first-order valence-corrected chi connectivity index (χ1v) is 8.23. The molecule has 1 aromatic heterocycles. The minimum Gasteiger partial charge on any atom is -0.376 e. The van der Waals surface area contributed by atoms with E-state index in [2.05, 4.69) is 20.6 Å². The number of nitrogens with zero attached hydrogens (tertiary/aromatic N) is 3. The molecule has 0 amide bonds. The van der Waals surface area contributed by atoms with Crippen molar-refractivity contribution in [3.8, 4) is 0 Å². The van der Waals surface area contributed by atoms with E-state index in [4.69, 9.17) is 4.74 Å². The molecule has 2 heterocycles. The van der Waals surface area contributed by atoms with Gasteiger partial charge in [-0.05, 0) is 49.9 Å². The number of rotatable bonds is 6. The zero-order valence-corrected chi connectivity index (χ0v) is 14.3. The summed E-state index contributed by atoms with van der Waals surface area (Å²) in [6, 6.07) is 5.87. The van der Waals surface area contributed by atoms with Crippen LogP contribution in [0.2, 0.25) is 0 Å². The summed E-state index contributed by atoms with van der Waals surface area (Å²) in [5.41, 5.74) is 2.72. The molecule has 25 heavy (non-hydrogen) atoms. The van der Waals surface area contributed by atoms with Crippen molar-refractivity contribution in [3.05, 3.63) is 45.8 Å². The van der Waals surface area contributed by atoms with Gasteiger partial charge in [-0.15, -0.1) is 0 Å². The number of nitro groups is 1. The largest absolute Gasteiger partial charge is 0.376 e. The minimum absolute atomic E-state index is 0.0606. The maximum Gasteiger partial charge on any atom is 0.353 e. The molecule has 1 unspecified atom stereocenters. The highest BCUT2D eigenvalue weighted by atomic mass is 16.6. The fourth-order valence-corrected chi connectivity index (χ4v) is 2.97. The van der Waals surface area contributed by atoms with E-state index >= 15 is 0 Å². The summed E-state index contributed by atoms with van der Waals surface area (Å²) < 4.78 is 5.54. The predicted octanol–water partition coefficient (Wildman–Crippen LogP) is 3.34. The average Bonchev–Trinajstić information content (AvgIpc) is 3.05. The second-order valence-electron chi connectivity index (χ2n) is 6.19. The number of hydrogen-bond acceptors (Lipinski definition) is 7. The topological polar surface area (TPSA) is 102 Å². The van der Waals surface area contributed by atoms with Gasteiger partial charge in [0.15, 0.2) is 0 Å². The van der Waals surface area contributed by atoms with Crippen molar-refractivity contribution < 1.29 is 9.66 Å². The molecule has 8 nitrogen and oxygen atoms in total. The van der Waals surface area contributed by atoms with Gasteiger partial charge in [-0.2, -0.15) is 0 Å². The maximum atomic E-state index is 11.6. The lowest BCUT2D eigenvalue weighted by atomic mass is 10.1. The van der Waals surface area contributed by atoms with Gasteiger partial charge in [-0.3, -0.25) is 10.1 Å². The van der Waals surface area contributed by atoms with Crippen LogP contribution >= 0.6 is 0 Å². The monoisotopic (exact) mass is 343 g/mol. The number of nitrogens with one attached hydrogen (secondary N) is 2. The molecule has 0 spiro atoms. The van der Waals surface area contributed by atoms with Gasteiger partial charge in [0, 0.05) is 18.8 Å². The van der Waals surface area contributed by atoms with Gasteiger partial charge in [0.05, 0.1) is 11.0 Å². The van der Waals surface area contributed by atoms with Crippen molar-refractivity contribution in [1.29, 1.82) is 0 Å². The van der Waals surface area contributed by atoms with Crippen LogP contribution in [0.3, 0.4) is 0 Å². The second kappa shape index (κ2) is 7.43. The van der Waals surface area contributed by atoms with E-state index in [1.165, 1.54) is 6.33 Å². The third kappa shape index (κ3) is 4.21. The lowest BCUT2D eigenvalue weighted by Gasteiger charge is -2.13. The lowest BCUT2D eigenvalue weighted by molar-refractivity contribution is -0.383. The van der Waals surface area contributed by atoms with E-state index < -0.39 is 4.92 Å². The van der Waals surface area contributed by atoms with Crippen molar-refractivity contribution in [1.82, 2.24) is 9.97 Å². The van der Waals surface area contributed by atoms with Crippen LogP contribution in [0, 0.1) is 24.0 Å². The Labute approximate surface area is 145 Å². The van der Waals surface area contributed by atoms with Gasteiger partial charge in [0.25, 0.3) is 0 Å². The van der Waals surface area contributed by atoms with Gasteiger partial charge >= 0.3 is 5.69 Å². The Morgan fingerprint density at radius 1 is 1.24 bits per heavy atom. The van der Waals surface area contributed by atoms with Gasteiger partial charge in [0.2, 0.25) is 11.6 Å². The zero-order valence-electron chi connectivity index (χ0n) is 14.3. The normalized spacial score (nSPS) is 16.6. The zero-order chi connectivity index (χ0) is 17.8. The molecule has 2 N–H and O–H groups in total. The molecule has 132 valence electrons. The molecule has 1 atom stereocenters. The first-order chi connectivity index (χ1) is 12.0. The fourth-order valence-electron chi connectivity index (χ4n) is 2.97. The van der Waals surface area contributed by atoms with Gasteiger partial charge < -0.3 is 15.4 Å². The number of anilines is 3. The number of ether oxygens (including phenoxy) is 1. The standard InChI is InChI=1S/C17H21N5O3/c1-11-6-12(2)8-13(7-11)21-17-15(22(23)24)16(19-10-20-17)18-9-14-4-3-5-25-14/h6-8,10,14H,3-5,9H2,1-2H3,(H2,18,19,20,21). The molecular weight excluding hydrogens is 322 g/mol. The van der Waals surface area contributed by atoms with Crippen LogP contribution in [0.25, 0.3) is 0 Å². The van der Waals surface area contributed by atoms with Crippen LogP contribution in [-0.4, -0.2) is 34.1 Å². The van der Waals surface area contributed by atoms with Crippen LogP contribution in [0.1, 0.15) is 24.0 Å². The number of hydrogen-bond donors (Lipinski definition) is 2. The second-order valence-corrected chi connectivity index (χ2v) is 6.19. The van der Waals surface area contributed by atoms with Crippen LogP contribution in [-0.2, 0) is 4.74 Å². The first kappa shape index (κ1) is 17.1. The van der Waals surface area contributed by atoms with Crippen molar-refractivity contribution in [3.63, 3.8) is 0 Å². The maximum absolute atomic E-state index is 11.6. The highest BCUT2D eigenvalue weighted by Crippen LogP contribution is 2.31. The number of aromatic nitrogens is 2. The summed E-state index contributed by atoms with van der Waals surface area (Å²) in [5.74, 6) is 0.363. The van der Waals surface area contributed by atoms with E-state index in [-0.39, 0.29) is 23.4 Å². The summed E-state index contributed by atoms with van der Waals surface area (Å²) in [6.07, 6.45) is 3.33. The van der Waals surface area contributed by atoms with Crippen LogP contribution in [0.5, 0.6) is 0 Å². The molecule has 2 aromatic rings. The molecule has 8 heteroatoms. The summed E-state index contributed by atoms with van der Waals surface area (Å²) in [6.45, 7) is 5.17. The van der Waals surface area contributed by atoms with Crippen molar-refractivity contribution in [2.24, 2.45) is 0 Å². The molecule has 0 radical (unpaired) electrons. The SMILES string of the molecule is Cc1cc(C)cc(Nc2ncnc(NCC3CCCO3)c2[N+](=O)[O-])c1. The Kier molecular flexibility index (Phi) is 5.08. The van der Waals surface area contributed by atoms with E-state index in [0.717, 1.165) is 36.3 Å². The summed E-state index contributed by atoms with van der Waals surface area (Å²) in [5, 5.41) is 17.6. The highest BCUT2D eigenvalue weighted by Gasteiger charge is 2.24. The van der Waals surface area contributed by atoms with Gasteiger partial charge in [-0.1, -0.05) is 6.07 Å². The quantitative estimate of drug-likeness (QED) is 0.612. The molecule has 1 saturated heterocycles. The van der Waals surface area contributed by atoms with E-state index in [0.29, 0.717) is 6.54 Å². The third-order valence-electron chi connectivity index (χ3n) is 4.01. The van der Waals surface area contributed by atoms with Gasteiger partial charge in [-0.25, -0.2) is 9.97 Å². The summed E-state index contributed by atoms with van der Waals surface area (Å²) in [4.78, 5) is 19.2. The molecule has 3 rings (SSSR count). The predicted molar refractivity (Wildman–Crippen MR) is 95.3 cm³/mol. The Morgan fingerprint density at radius 3 is 2.60 bits per heavy atom. The highest BCUT2D eigenvalue weighted by molar-refractivity contribution is 5.74. The summed E-state index contributed by atoms with van der Waals surface area (Å²) in [7, 11) is 0. The Bertz CT molecular complexity index is 755. The smallest absolute Gasteiger partial charge is 0.353 e. The van der Waals surface area contributed by atoms with E-state index in [1.807, 2.05) is 32.0 Å². The van der Waals surface area contributed by atoms with Crippen molar-refractivity contribution in [2.45, 2.75) is 32.8 Å². The minimum atomic E-state index is -0.469. The molecule has 0 saturated carbocycles. The fraction of sp³-hybridized carbons (Fsp3) is 0.412. The van der Waals surface area contributed by atoms with Crippen molar-refractivity contribution in [2.75, 3.05) is 23.8 Å². The van der Waals surface area contributed by atoms with Crippen molar-refractivity contribution >= 4 is 23.0 Å². The molecular formula is C17H21N5O3. The summed E-state index contributed by atoms with van der Waals surface area (Å²) >= 11 is 0. The van der Waals surface area contributed by atoms with E-state index in [9.17, 15) is 10.1 Å². The van der Waals surface area contributed by atoms with Gasteiger partial charge in [0.1, 0.15) is 6.33 Å². The molecule has 0 aliphatic carbocycles. The molecule has 1 aliphatic rings. The van der Waals surface area contributed by atoms with Crippen LogP contribution in [0.4, 0.5) is 23.0 Å². The number of aryl methyl sites for hydroxylation is 2. The molecule has 0 bridgehead atoms. The van der Waals surface area contributed by atoms with Crippen LogP contribution < -0.4 is 10.6 Å². The average molecular weight is 343 g/mol. The molecule has 1 aliphatic heterocycles. The Balaban J connectivity index is 1.85. The third-order valence-corrected chi connectivity index (χ3v) is 4.01.